The lowest BCUT2D eigenvalue weighted by Gasteiger charge is -2.27. The van der Waals surface area contributed by atoms with Gasteiger partial charge in [0.15, 0.2) is 0 Å². The van der Waals surface area contributed by atoms with Crippen LogP contribution < -0.4 is 4.90 Å². The number of hydrogen-bond donors (Lipinski definition) is 1. The number of carbonyl (C=O) groups is 1. The zero-order valence-electron chi connectivity index (χ0n) is 12.0. The van der Waals surface area contributed by atoms with Gasteiger partial charge in [-0.25, -0.2) is 9.78 Å². The summed E-state index contributed by atoms with van der Waals surface area (Å²) in [6.45, 7) is 1.67. The number of carboxylic acid groups (broad SMARTS) is 1. The maximum atomic E-state index is 11.3. The Hall–Kier alpha value is -2.22. The first kappa shape index (κ1) is 15.2. The molecule has 1 aliphatic heterocycles. The minimum absolute atomic E-state index is 0.146. The summed E-state index contributed by atoms with van der Waals surface area (Å²) >= 11 is 0. The van der Waals surface area contributed by atoms with E-state index in [4.69, 9.17) is 0 Å². The van der Waals surface area contributed by atoms with Gasteiger partial charge in [0.1, 0.15) is 17.6 Å². The van der Waals surface area contributed by atoms with Gasteiger partial charge in [-0.1, -0.05) is 0 Å². The highest BCUT2D eigenvalue weighted by molar-refractivity contribution is 5.94. The number of nitrogens with zero attached hydrogens (tertiary/aromatic N) is 4. The molecule has 0 aromatic carbocycles. The summed E-state index contributed by atoms with van der Waals surface area (Å²) in [6, 6.07) is 1.40. The third kappa shape index (κ3) is 3.27. The van der Waals surface area contributed by atoms with Crippen LogP contribution in [0.3, 0.4) is 0 Å². The van der Waals surface area contributed by atoms with Crippen molar-refractivity contribution in [1.29, 1.82) is 0 Å². The van der Waals surface area contributed by atoms with Gasteiger partial charge < -0.3 is 14.9 Å². The maximum Gasteiger partial charge on any atom is 0.339 e. The highest BCUT2D eigenvalue weighted by Crippen LogP contribution is 2.24. The molecule has 1 unspecified atom stereocenters. The highest BCUT2D eigenvalue weighted by Gasteiger charge is 2.25. The van der Waals surface area contributed by atoms with Crippen LogP contribution in [0.25, 0.3) is 0 Å². The van der Waals surface area contributed by atoms with Crippen molar-refractivity contribution in [3.05, 3.63) is 27.9 Å². The Bertz CT molecular complexity index is 563. The molecule has 0 amide bonds. The van der Waals surface area contributed by atoms with E-state index in [1.807, 2.05) is 7.05 Å². The second kappa shape index (κ2) is 6.04. The number of carboxylic acids is 1. The second-order valence-corrected chi connectivity index (χ2v) is 5.28. The fraction of sp³-hybridized carbons (Fsp3) is 0.538. The zero-order chi connectivity index (χ0) is 15.6. The Morgan fingerprint density at radius 2 is 2.38 bits per heavy atom. The van der Waals surface area contributed by atoms with Crippen molar-refractivity contribution in [3.63, 3.8) is 0 Å². The summed E-state index contributed by atoms with van der Waals surface area (Å²) in [5, 5.41) is 20.0. The third-order valence-corrected chi connectivity index (χ3v) is 3.81. The maximum absolute atomic E-state index is 11.3. The molecule has 1 fully saturated rings. The van der Waals surface area contributed by atoms with Gasteiger partial charge in [-0.15, -0.1) is 0 Å². The molecule has 0 aliphatic carbocycles. The zero-order valence-corrected chi connectivity index (χ0v) is 12.0. The molecule has 0 bridgehead atoms. The SMILES string of the molecule is CN(CC1CCCN1C)c1ncc([N+](=O)[O-])cc1C(=O)O. The monoisotopic (exact) mass is 294 g/mol. The van der Waals surface area contributed by atoms with E-state index < -0.39 is 10.9 Å². The number of rotatable bonds is 5. The van der Waals surface area contributed by atoms with Crippen LogP contribution in [0.4, 0.5) is 11.5 Å². The lowest BCUT2D eigenvalue weighted by Crippen LogP contribution is -2.37. The molecule has 1 aromatic rings. The summed E-state index contributed by atoms with van der Waals surface area (Å²) in [4.78, 5) is 29.3. The Labute approximate surface area is 122 Å². The predicted octanol–water partition coefficient (Wildman–Crippen LogP) is 1.22. The van der Waals surface area contributed by atoms with E-state index in [-0.39, 0.29) is 17.1 Å². The fourth-order valence-electron chi connectivity index (χ4n) is 2.62. The van der Waals surface area contributed by atoms with E-state index in [1.165, 1.54) is 0 Å². The number of nitro groups is 1. The van der Waals surface area contributed by atoms with Crippen molar-refractivity contribution in [3.8, 4) is 0 Å². The molecule has 1 aromatic heterocycles. The first-order valence-corrected chi connectivity index (χ1v) is 6.69. The van der Waals surface area contributed by atoms with E-state index in [1.54, 1.807) is 11.9 Å². The van der Waals surface area contributed by atoms with Gasteiger partial charge in [0.25, 0.3) is 5.69 Å². The molecular formula is C13H18N4O4. The molecule has 21 heavy (non-hydrogen) atoms. The number of aromatic nitrogens is 1. The third-order valence-electron chi connectivity index (χ3n) is 3.81. The van der Waals surface area contributed by atoms with Crippen LogP contribution in [-0.2, 0) is 0 Å². The van der Waals surface area contributed by atoms with Gasteiger partial charge in [0.05, 0.1) is 4.92 Å². The molecule has 1 saturated heterocycles. The number of anilines is 1. The van der Waals surface area contributed by atoms with Crippen molar-refractivity contribution >= 4 is 17.5 Å². The quantitative estimate of drug-likeness (QED) is 0.643. The van der Waals surface area contributed by atoms with Crippen LogP contribution in [0.2, 0.25) is 0 Å². The van der Waals surface area contributed by atoms with Gasteiger partial charge in [-0.2, -0.15) is 0 Å². The molecular weight excluding hydrogens is 276 g/mol. The van der Waals surface area contributed by atoms with E-state index in [9.17, 15) is 20.0 Å². The molecule has 8 heteroatoms. The molecule has 2 heterocycles. The average molecular weight is 294 g/mol. The van der Waals surface area contributed by atoms with Gasteiger partial charge in [-0.05, 0) is 26.4 Å². The molecule has 1 N–H and O–H groups in total. The predicted molar refractivity (Wildman–Crippen MR) is 76.8 cm³/mol. The summed E-state index contributed by atoms with van der Waals surface area (Å²) in [5.74, 6) is -0.957. The lowest BCUT2D eigenvalue weighted by atomic mass is 10.2. The van der Waals surface area contributed by atoms with Crippen LogP contribution in [0.15, 0.2) is 12.3 Å². The van der Waals surface area contributed by atoms with Crippen molar-refractivity contribution in [2.45, 2.75) is 18.9 Å². The number of hydrogen-bond acceptors (Lipinski definition) is 6. The largest absolute Gasteiger partial charge is 0.478 e. The summed E-state index contributed by atoms with van der Waals surface area (Å²) in [5.41, 5.74) is -0.463. The molecule has 1 aliphatic rings. The molecule has 2 rings (SSSR count). The molecule has 0 spiro atoms. The summed E-state index contributed by atoms with van der Waals surface area (Å²) < 4.78 is 0. The van der Waals surface area contributed by atoms with Crippen LogP contribution in [0.5, 0.6) is 0 Å². The lowest BCUT2D eigenvalue weighted by molar-refractivity contribution is -0.385. The first-order valence-electron chi connectivity index (χ1n) is 6.69. The van der Waals surface area contributed by atoms with Crippen molar-refractivity contribution < 1.29 is 14.8 Å². The normalized spacial score (nSPS) is 18.7. The van der Waals surface area contributed by atoms with Gasteiger partial charge in [0.2, 0.25) is 0 Å². The molecule has 8 nitrogen and oxygen atoms in total. The van der Waals surface area contributed by atoms with E-state index in [0.717, 1.165) is 31.6 Å². The number of likely N-dealkylation sites (N-methyl/N-ethyl adjacent to an activating group) is 2. The standard InChI is InChI=1S/C13H18N4O4/c1-15-5-3-4-9(15)8-16(2)12-11(13(18)19)6-10(7-14-12)17(20)21/h6-7,9H,3-5,8H2,1-2H3,(H,18,19). The summed E-state index contributed by atoms with van der Waals surface area (Å²) in [6.07, 6.45) is 3.27. The minimum atomic E-state index is -1.21. The second-order valence-electron chi connectivity index (χ2n) is 5.28. The van der Waals surface area contributed by atoms with E-state index in [2.05, 4.69) is 9.88 Å². The minimum Gasteiger partial charge on any atom is -0.478 e. The average Bonchev–Trinajstić information content (AvgIpc) is 2.83. The van der Waals surface area contributed by atoms with Crippen molar-refractivity contribution in [2.75, 3.05) is 32.1 Å². The Morgan fingerprint density at radius 3 is 2.90 bits per heavy atom. The van der Waals surface area contributed by atoms with Crippen molar-refractivity contribution in [1.82, 2.24) is 9.88 Å². The topological polar surface area (TPSA) is 99.8 Å². The summed E-state index contributed by atoms with van der Waals surface area (Å²) in [7, 11) is 3.79. The van der Waals surface area contributed by atoms with Crippen LogP contribution in [0.1, 0.15) is 23.2 Å². The Kier molecular flexibility index (Phi) is 4.37. The fourth-order valence-corrected chi connectivity index (χ4v) is 2.62. The number of likely N-dealkylation sites (tertiary alicyclic amines) is 1. The van der Waals surface area contributed by atoms with Crippen molar-refractivity contribution in [2.24, 2.45) is 0 Å². The van der Waals surface area contributed by atoms with Crippen LogP contribution in [-0.4, -0.2) is 59.1 Å². The molecule has 114 valence electrons. The number of aromatic carboxylic acids is 1. The van der Waals surface area contributed by atoms with Crippen LogP contribution in [0, 0.1) is 10.1 Å². The molecule has 0 radical (unpaired) electrons. The Balaban J connectivity index is 2.25. The van der Waals surface area contributed by atoms with Crippen LogP contribution >= 0.6 is 0 Å². The van der Waals surface area contributed by atoms with Gasteiger partial charge in [-0.3, -0.25) is 10.1 Å². The smallest absolute Gasteiger partial charge is 0.339 e. The highest BCUT2D eigenvalue weighted by atomic mass is 16.6. The molecule has 0 saturated carbocycles. The van der Waals surface area contributed by atoms with Gasteiger partial charge >= 0.3 is 5.97 Å². The van der Waals surface area contributed by atoms with E-state index >= 15 is 0 Å². The Morgan fingerprint density at radius 1 is 1.67 bits per heavy atom. The first-order chi connectivity index (χ1) is 9.90. The van der Waals surface area contributed by atoms with Gasteiger partial charge in [0, 0.05) is 25.7 Å². The number of pyridine rings is 1. The molecule has 1 atom stereocenters. The van der Waals surface area contributed by atoms with E-state index in [0.29, 0.717) is 12.6 Å².